The minimum Gasteiger partial charge on any atom is -0.387 e. The van der Waals surface area contributed by atoms with Crippen molar-refractivity contribution in [3.8, 4) is 50.2 Å². The molecule has 1 aromatic heterocycles. The first-order valence-corrected chi connectivity index (χ1v) is 20.5. The molecule has 276 valence electrons. The second-order valence-corrected chi connectivity index (χ2v) is 15.7. The van der Waals surface area contributed by atoms with Crippen LogP contribution in [0, 0.1) is 0 Å². The molecular weight excluding hydrogens is 713 g/mol. The first-order chi connectivity index (χ1) is 29.2. The average Bonchev–Trinajstić information content (AvgIpc) is 3.65. The third kappa shape index (κ3) is 5.49. The van der Waals surface area contributed by atoms with Gasteiger partial charge in [0, 0.05) is 23.2 Å². The highest BCUT2D eigenvalue weighted by molar-refractivity contribution is 6.22. The molecule has 10 aromatic carbocycles. The minimum atomic E-state index is 0.841. The number of fused-ring (bicyclic) bond motifs is 7. The number of nitrogens with zero attached hydrogens (tertiary/aromatic N) is 1. The van der Waals surface area contributed by atoms with E-state index in [1.54, 1.807) is 0 Å². The van der Waals surface area contributed by atoms with E-state index < -0.39 is 0 Å². The summed E-state index contributed by atoms with van der Waals surface area (Å²) in [6.45, 7) is 0.841. The number of rotatable bonds is 5. The average molecular weight is 751 g/mol. The molecule has 11 aromatic rings. The molecule has 0 amide bonds. The lowest BCUT2D eigenvalue weighted by Crippen LogP contribution is -2.10. The number of aromatic nitrogens is 1. The first-order valence-electron chi connectivity index (χ1n) is 20.5. The fraction of sp³-hybridized carbons (Fsp3) is 0.0175. The summed E-state index contributed by atoms with van der Waals surface area (Å²) in [7, 11) is 0. The molecule has 1 N–H and O–H groups in total. The van der Waals surface area contributed by atoms with E-state index in [1.165, 1.54) is 115 Å². The van der Waals surface area contributed by atoms with Gasteiger partial charge in [-0.05, 0) is 136 Å². The Hall–Kier alpha value is -7.68. The van der Waals surface area contributed by atoms with E-state index >= 15 is 0 Å². The van der Waals surface area contributed by atoms with Crippen LogP contribution >= 0.6 is 0 Å². The van der Waals surface area contributed by atoms with E-state index in [1.807, 2.05) is 0 Å². The van der Waals surface area contributed by atoms with Crippen LogP contribution in [0.4, 0.5) is 0 Å². The van der Waals surface area contributed by atoms with E-state index in [0.29, 0.717) is 0 Å². The van der Waals surface area contributed by atoms with Crippen molar-refractivity contribution in [2.75, 3.05) is 0 Å². The van der Waals surface area contributed by atoms with E-state index in [0.717, 1.165) is 6.54 Å². The van der Waals surface area contributed by atoms with Gasteiger partial charge < -0.3 is 9.88 Å². The van der Waals surface area contributed by atoms with Gasteiger partial charge in [-0.25, -0.2) is 0 Å². The molecule has 59 heavy (non-hydrogen) atoms. The normalized spacial score (nSPS) is 12.4. The van der Waals surface area contributed by atoms with Crippen molar-refractivity contribution in [1.29, 1.82) is 0 Å². The van der Waals surface area contributed by atoms with Crippen LogP contribution in [0.15, 0.2) is 206 Å². The third-order valence-electron chi connectivity index (χ3n) is 12.4. The lowest BCUT2D eigenvalue weighted by molar-refractivity contribution is 0.855. The number of hydrogen-bond donors (Lipinski definition) is 1. The Morgan fingerprint density at radius 2 is 0.831 bits per heavy atom. The Morgan fingerprint density at radius 1 is 0.356 bits per heavy atom. The van der Waals surface area contributed by atoms with Crippen LogP contribution in [0.25, 0.3) is 110 Å². The number of hydrogen-bond acceptors (Lipinski definition) is 1. The highest BCUT2D eigenvalue weighted by atomic mass is 15.0. The van der Waals surface area contributed by atoms with Crippen LogP contribution in [0.2, 0.25) is 0 Å². The van der Waals surface area contributed by atoms with Crippen molar-refractivity contribution in [1.82, 2.24) is 9.88 Å². The maximum absolute atomic E-state index is 3.40. The zero-order valence-electron chi connectivity index (χ0n) is 32.4. The van der Waals surface area contributed by atoms with Crippen LogP contribution < -0.4 is 5.32 Å². The topological polar surface area (TPSA) is 17.0 Å². The summed E-state index contributed by atoms with van der Waals surface area (Å²) in [4.78, 5) is 0. The van der Waals surface area contributed by atoms with Gasteiger partial charge in [0.1, 0.15) is 0 Å². The third-order valence-corrected chi connectivity index (χ3v) is 12.4. The molecule has 2 heteroatoms. The van der Waals surface area contributed by atoms with Crippen LogP contribution in [0.1, 0.15) is 11.3 Å². The molecule has 0 aliphatic carbocycles. The Bertz CT molecular complexity index is 3480. The Morgan fingerprint density at radius 3 is 1.47 bits per heavy atom. The first kappa shape index (κ1) is 33.5. The second kappa shape index (κ2) is 13.5. The molecule has 12 rings (SSSR count). The summed E-state index contributed by atoms with van der Waals surface area (Å²) in [5.74, 6) is 0. The lowest BCUT2D eigenvalue weighted by Gasteiger charge is -2.19. The molecule has 0 saturated carbocycles. The molecule has 1 aliphatic rings. The number of para-hydroxylation sites is 1. The molecule has 0 spiro atoms. The minimum absolute atomic E-state index is 0.841. The van der Waals surface area contributed by atoms with Gasteiger partial charge in [-0.2, -0.15) is 0 Å². The molecular formula is C57H38N2. The second-order valence-electron chi connectivity index (χ2n) is 15.7. The fourth-order valence-corrected chi connectivity index (χ4v) is 9.59. The van der Waals surface area contributed by atoms with Crippen molar-refractivity contribution >= 4 is 60.1 Å². The van der Waals surface area contributed by atoms with Crippen LogP contribution in [-0.4, -0.2) is 4.57 Å². The quantitative estimate of drug-likeness (QED) is 0.173. The molecule has 1 aliphatic heterocycles. The highest BCUT2D eigenvalue weighted by Crippen LogP contribution is 2.46. The van der Waals surface area contributed by atoms with Crippen molar-refractivity contribution < 1.29 is 0 Å². The molecule has 0 radical (unpaired) electrons. The number of nitrogens with one attached hydrogen (secondary N) is 1. The summed E-state index contributed by atoms with van der Waals surface area (Å²) in [5, 5.41) is 14.7. The molecule has 2 nitrogen and oxygen atoms in total. The zero-order chi connectivity index (χ0) is 38.9. The van der Waals surface area contributed by atoms with Gasteiger partial charge in [-0.3, -0.25) is 0 Å². The zero-order valence-corrected chi connectivity index (χ0v) is 32.4. The molecule has 0 atom stereocenters. The summed E-state index contributed by atoms with van der Waals surface area (Å²) in [6, 6.07) is 74.0. The van der Waals surface area contributed by atoms with Crippen molar-refractivity contribution in [3.05, 3.63) is 218 Å². The maximum atomic E-state index is 3.40. The van der Waals surface area contributed by atoms with Gasteiger partial charge in [-0.15, -0.1) is 0 Å². The van der Waals surface area contributed by atoms with Crippen LogP contribution in [-0.2, 0) is 6.54 Å². The lowest BCUT2D eigenvalue weighted by atomic mass is 9.84. The van der Waals surface area contributed by atoms with Gasteiger partial charge >= 0.3 is 0 Å². The Labute approximate surface area is 342 Å². The molecule has 0 bridgehead atoms. The summed E-state index contributed by atoms with van der Waals surface area (Å²) in [6.07, 6.45) is 4.25. The molecule has 0 fully saturated rings. The van der Waals surface area contributed by atoms with Crippen molar-refractivity contribution in [2.24, 2.45) is 0 Å². The SMILES string of the molecule is C1=Cc2c(c3ccccc3n2-c2ccc(-c3ccc(-c4ccc5c(-c6ccc7ccccc7c6)c6ccccc6c(-c6ccc7ccccc7c6)c5c4)cc3)cc2)CN1. The van der Waals surface area contributed by atoms with E-state index in [4.69, 9.17) is 0 Å². The van der Waals surface area contributed by atoms with Gasteiger partial charge in [0.2, 0.25) is 0 Å². The smallest absolute Gasteiger partial charge is 0.0538 e. The summed E-state index contributed by atoms with van der Waals surface area (Å²) < 4.78 is 2.38. The van der Waals surface area contributed by atoms with E-state index in [9.17, 15) is 0 Å². The van der Waals surface area contributed by atoms with Gasteiger partial charge in [0.25, 0.3) is 0 Å². The van der Waals surface area contributed by atoms with Gasteiger partial charge in [0.05, 0.1) is 11.2 Å². The van der Waals surface area contributed by atoms with Crippen LogP contribution in [0.3, 0.4) is 0 Å². The van der Waals surface area contributed by atoms with Crippen molar-refractivity contribution in [2.45, 2.75) is 6.54 Å². The van der Waals surface area contributed by atoms with Crippen molar-refractivity contribution in [3.63, 3.8) is 0 Å². The summed E-state index contributed by atoms with van der Waals surface area (Å²) >= 11 is 0. The monoisotopic (exact) mass is 750 g/mol. The highest BCUT2D eigenvalue weighted by Gasteiger charge is 2.20. The van der Waals surface area contributed by atoms with Gasteiger partial charge in [0.15, 0.2) is 0 Å². The summed E-state index contributed by atoms with van der Waals surface area (Å²) in [5.41, 5.74) is 14.8. The maximum Gasteiger partial charge on any atom is 0.0538 e. The Kier molecular flexibility index (Phi) is 7.64. The van der Waals surface area contributed by atoms with E-state index in [-0.39, 0.29) is 0 Å². The fourth-order valence-electron chi connectivity index (χ4n) is 9.59. The number of benzene rings is 10. The Balaban J connectivity index is 0.983. The van der Waals surface area contributed by atoms with E-state index in [2.05, 4.69) is 222 Å². The largest absolute Gasteiger partial charge is 0.387 e. The standard InChI is InChI=1S/C57H38N2/c1-3-11-42-33-45(23-21-37(42)9-1)56-49-14-5-6-15-50(49)57(46-24-22-38-10-2-4-12-43(38)34-46)52-35-44(27-30-51(52)56)41-19-17-39(18-20-41)40-25-28-47(29-26-40)59-54-16-8-7-13-48(54)53-36-58-32-31-55(53)59/h1-35,58H,36H2. The predicted octanol–water partition coefficient (Wildman–Crippen LogP) is 15.0. The van der Waals surface area contributed by atoms with Crippen LogP contribution in [0.5, 0.6) is 0 Å². The predicted molar refractivity (Wildman–Crippen MR) is 251 cm³/mol. The molecule has 0 saturated heterocycles. The molecule has 0 unspecified atom stereocenters. The van der Waals surface area contributed by atoms with Gasteiger partial charge in [-0.1, -0.05) is 164 Å². The molecule has 2 heterocycles.